The van der Waals surface area contributed by atoms with E-state index < -0.39 is 15.1 Å². The van der Waals surface area contributed by atoms with E-state index in [0.29, 0.717) is 25.4 Å². The molecule has 2 aliphatic rings. The lowest BCUT2D eigenvalue weighted by molar-refractivity contribution is -0.120. The number of carbonyl (C=O) groups is 1. The Hall–Kier alpha value is -0.620. The van der Waals surface area contributed by atoms with Crippen LogP contribution in [0.25, 0.3) is 0 Å². The third-order valence-corrected chi connectivity index (χ3v) is 5.71. The smallest absolute Gasteiger partial charge is 0.238 e. The van der Waals surface area contributed by atoms with E-state index in [0.717, 1.165) is 19.4 Å². The molecule has 0 bridgehead atoms. The van der Waals surface area contributed by atoms with Crippen molar-refractivity contribution in [2.24, 2.45) is 0 Å². The fourth-order valence-electron chi connectivity index (χ4n) is 2.26. The highest BCUT2D eigenvalue weighted by atomic mass is 32.2. The highest BCUT2D eigenvalue weighted by molar-refractivity contribution is 7.92. The van der Waals surface area contributed by atoms with Crippen molar-refractivity contribution in [2.75, 3.05) is 18.8 Å². The summed E-state index contributed by atoms with van der Waals surface area (Å²) >= 11 is 0. The van der Waals surface area contributed by atoms with E-state index in [9.17, 15) is 13.2 Å². The van der Waals surface area contributed by atoms with Crippen LogP contribution in [0.2, 0.25) is 0 Å². The average Bonchev–Trinajstić information content (AvgIpc) is 3.11. The van der Waals surface area contributed by atoms with Gasteiger partial charge in [0.05, 0.1) is 5.75 Å². The van der Waals surface area contributed by atoms with Crippen molar-refractivity contribution >= 4 is 15.7 Å². The van der Waals surface area contributed by atoms with Gasteiger partial charge in [-0.15, -0.1) is 0 Å². The van der Waals surface area contributed by atoms with Crippen LogP contribution < -0.4 is 10.6 Å². The van der Waals surface area contributed by atoms with Gasteiger partial charge in [-0.05, 0) is 38.6 Å². The van der Waals surface area contributed by atoms with Crippen molar-refractivity contribution in [1.29, 1.82) is 0 Å². The van der Waals surface area contributed by atoms with Crippen LogP contribution in [0.1, 0.15) is 38.5 Å². The molecule has 1 aliphatic heterocycles. The van der Waals surface area contributed by atoms with Crippen molar-refractivity contribution in [3.05, 3.63) is 0 Å². The lowest BCUT2D eigenvalue weighted by Gasteiger charge is -2.21. The molecule has 18 heavy (non-hydrogen) atoms. The number of hydrogen-bond donors (Lipinski definition) is 2. The molecule has 104 valence electrons. The van der Waals surface area contributed by atoms with Crippen LogP contribution in [0.4, 0.5) is 0 Å². The first-order valence-electron chi connectivity index (χ1n) is 6.82. The zero-order valence-electron chi connectivity index (χ0n) is 10.7. The third kappa shape index (κ3) is 3.95. The topological polar surface area (TPSA) is 75.3 Å². The first kappa shape index (κ1) is 13.8. The van der Waals surface area contributed by atoms with Crippen LogP contribution >= 0.6 is 0 Å². The van der Waals surface area contributed by atoms with Gasteiger partial charge < -0.3 is 10.6 Å². The van der Waals surface area contributed by atoms with E-state index in [1.165, 1.54) is 12.8 Å². The molecule has 0 aromatic rings. The molecule has 2 rings (SSSR count). The Balaban J connectivity index is 1.66. The van der Waals surface area contributed by atoms with E-state index in [2.05, 4.69) is 10.6 Å². The largest absolute Gasteiger partial charge is 0.355 e. The quantitative estimate of drug-likeness (QED) is 0.679. The molecule has 0 aromatic carbocycles. The average molecular weight is 274 g/mol. The standard InChI is InChI=1S/C12H22N2O3S/c15-12(11-4-1-2-9-18(11,16)17)14-8-3-7-13-10-5-6-10/h10-11,13H,1-9H2,(H,14,15). The monoisotopic (exact) mass is 274 g/mol. The van der Waals surface area contributed by atoms with Crippen molar-refractivity contribution in [1.82, 2.24) is 10.6 Å². The Labute approximate surface area is 109 Å². The molecule has 2 N–H and O–H groups in total. The van der Waals surface area contributed by atoms with Gasteiger partial charge in [-0.25, -0.2) is 8.42 Å². The summed E-state index contributed by atoms with van der Waals surface area (Å²) in [6.07, 6.45) is 5.38. The van der Waals surface area contributed by atoms with E-state index in [4.69, 9.17) is 0 Å². The summed E-state index contributed by atoms with van der Waals surface area (Å²) in [7, 11) is -3.20. The van der Waals surface area contributed by atoms with Crippen molar-refractivity contribution in [3.63, 3.8) is 0 Å². The van der Waals surface area contributed by atoms with Crippen LogP contribution in [0.5, 0.6) is 0 Å². The molecule has 5 nitrogen and oxygen atoms in total. The Morgan fingerprint density at radius 1 is 1.11 bits per heavy atom. The molecule has 0 aromatic heterocycles. The number of amides is 1. The lowest BCUT2D eigenvalue weighted by Crippen LogP contribution is -2.43. The van der Waals surface area contributed by atoms with Gasteiger partial charge in [0.1, 0.15) is 5.25 Å². The number of sulfone groups is 1. The maximum absolute atomic E-state index is 11.8. The summed E-state index contributed by atoms with van der Waals surface area (Å²) in [5, 5.41) is 5.30. The van der Waals surface area contributed by atoms with E-state index >= 15 is 0 Å². The maximum Gasteiger partial charge on any atom is 0.238 e. The second-order valence-corrected chi connectivity index (χ2v) is 7.53. The van der Waals surface area contributed by atoms with Gasteiger partial charge in [-0.3, -0.25) is 4.79 Å². The summed E-state index contributed by atoms with van der Waals surface area (Å²) in [6.45, 7) is 1.45. The molecule has 1 saturated heterocycles. The molecule has 6 heteroatoms. The van der Waals surface area contributed by atoms with Gasteiger partial charge in [0.25, 0.3) is 0 Å². The van der Waals surface area contributed by atoms with Gasteiger partial charge in [0, 0.05) is 12.6 Å². The summed E-state index contributed by atoms with van der Waals surface area (Å²) in [5.74, 6) is -0.143. The van der Waals surface area contributed by atoms with Gasteiger partial charge in [0.15, 0.2) is 9.84 Å². The summed E-state index contributed by atoms with van der Waals surface area (Å²) < 4.78 is 23.5. The second-order valence-electron chi connectivity index (χ2n) is 5.22. The Bertz CT molecular complexity index is 390. The normalized spacial score (nSPS) is 26.8. The zero-order valence-corrected chi connectivity index (χ0v) is 11.5. The number of nitrogens with one attached hydrogen (secondary N) is 2. The Morgan fingerprint density at radius 3 is 2.56 bits per heavy atom. The van der Waals surface area contributed by atoms with Crippen molar-refractivity contribution < 1.29 is 13.2 Å². The molecule has 1 unspecified atom stereocenters. The highest BCUT2D eigenvalue weighted by Gasteiger charge is 2.34. The molecule has 0 radical (unpaired) electrons. The molecular formula is C12H22N2O3S. The minimum Gasteiger partial charge on any atom is -0.355 e. The summed E-state index contributed by atoms with van der Waals surface area (Å²) in [6, 6.07) is 0.680. The molecule has 1 atom stereocenters. The van der Waals surface area contributed by atoms with Crippen LogP contribution in [-0.4, -0.2) is 44.5 Å². The minimum absolute atomic E-state index is 0.161. The van der Waals surface area contributed by atoms with Crippen molar-refractivity contribution in [3.8, 4) is 0 Å². The van der Waals surface area contributed by atoms with Crippen LogP contribution in [0, 0.1) is 0 Å². The molecule has 1 amide bonds. The first-order valence-corrected chi connectivity index (χ1v) is 8.54. The number of hydrogen-bond acceptors (Lipinski definition) is 4. The number of carbonyl (C=O) groups excluding carboxylic acids is 1. The van der Waals surface area contributed by atoms with Gasteiger partial charge in [-0.1, -0.05) is 6.42 Å². The van der Waals surface area contributed by atoms with Crippen LogP contribution in [-0.2, 0) is 14.6 Å². The van der Waals surface area contributed by atoms with E-state index in [-0.39, 0.29) is 11.7 Å². The second kappa shape index (κ2) is 6.02. The highest BCUT2D eigenvalue weighted by Crippen LogP contribution is 2.19. The number of rotatable bonds is 6. The summed E-state index contributed by atoms with van der Waals surface area (Å²) in [4.78, 5) is 11.8. The summed E-state index contributed by atoms with van der Waals surface area (Å²) in [5.41, 5.74) is 0. The van der Waals surface area contributed by atoms with Gasteiger partial charge in [-0.2, -0.15) is 0 Å². The van der Waals surface area contributed by atoms with Crippen LogP contribution in [0.3, 0.4) is 0 Å². The van der Waals surface area contributed by atoms with Crippen LogP contribution in [0.15, 0.2) is 0 Å². The zero-order chi connectivity index (χ0) is 13.0. The van der Waals surface area contributed by atoms with Crippen molar-refractivity contribution in [2.45, 2.75) is 49.8 Å². The molecule has 0 spiro atoms. The first-order chi connectivity index (χ1) is 8.59. The SMILES string of the molecule is O=C(NCCCNC1CC1)C1CCCCS1(=O)=O. The van der Waals surface area contributed by atoms with Gasteiger partial charge >= 0.3 is 0 Å². The molecule has 2 fully saturated rings. The predicted molar refractivity (Wildman–Crippen MR) is 70.1 cm³/mol. The minimum atomic E-state index is -3.20. The molecular weight excluding hydrogens is 252 g/mol. The predicted octanol–water partition coefficient (Wildman–Crippen LogP) is 0.212. The maximum atomic E-state index is 11.8. The molecule has 1 saturated carbocycles. The third-order valence-electron chi connectivity index (χ3n) is 3.53. The molecule has 1 aliphatic carbocycles. The Morgan fingerprint density at radius 2 is 1.89 bits per heavy atom. The van der Waals surface area contributed by atoms with E-state index in [1.54, 1.807) is 0 Å². The fourth-order valence-corrected chi connectivity index (χ4v) is 4.08. The van der Waals surface area contributed by atoms with Gasteiger partial charge in [0.2, 0.25) is 5.91 Å². The molecule has 1 heterocycles. The fraction of sp³-hybridized carbons (Fsp3) is 0.917. The Kier molecular flexibility index (Phi) is 4.61. The van der Waals surface area contributed by atoms with E-state index in [1.807, 2.05) is 0 Å². The lowest BCUT2D eigenvalue weighted by atomic mass is 10.2.